The van der Waals surface area contributed by atoms with Gasteiger partial charge in [-0.3, -0.25) is 4.98 Å². The minimum absolute atomic E-state index is 0.0293. The highest BCUT2D eigenvalue weighted by Crippen LogP contribution is 2.15. The summed E-state index contributed by atoms with van der Waals surface area (Å²) in [4.78, 5) is 14.6. The average Bonchev–Trinajstić information content (AvgIpc) is 2.36. The van der Waals surface area contributed by atoms with Gasteiger partial charge in [0.2, 0.25) is 0 Å². The summed E-state index contributed by atoms with van der Waals surface area (Å²) < 4.78 is 0. The van der Waals surface area contributed by atoms with Gasteiger partial charge in [-0.25, -0.2) is 9.97 Å². The van der Waals surface area contributed by atoms with Gasteiger partial charge in [0, 0.05) is 19.4 Å². The summed E-state index contributed by atoms with van der Waals surface area (Å²) in [5, 5.41) is 9.08. The summed E-state index contributed by atoms with van der Waals surface area (Å²) in [6.07, 6.45) is 3.26. The van der Waals surface area contributed by atoms with Gasteiger partial charge in [-0.15, -0.1) is 0 Å². The zero-order valence-corrected chi connectivity index (χ0v) is 9.33. The van der Waals surface area contributed by atoms with Crippen LogP contribution in [-0.2, 0) is 0 Å². The van der Waals surface area contributed by atoms with Gasteiger partial charge in [0.1, 0.15) is 11.3 Å². The van der Waals surface area contributed by atoms with Crippen LogP contribution in [0, 0.1) is 0 Å². The molecule has 5 nitrogen and oxygen atoms in total. The SMILES string of the molecule is C[C@H](CO)N(C)c1ccc2nccnc2n1. The molecule has 0 radical (unpaired) electrons. The molecule has 0 spiro atoms. The molecular weight excluding hydrogens is 204 g/mol. The van der Waals surface area contributed by atoms with E-state index < -0.39 is 0 Å². The summed E-state index contributed by atoms with van der Waals surface area (Å²) in [5.41, 5.74) is 1.40. The highest BCUT2D eigenvalue weighted by atomic mass is 16.3. The first kappa shape index (κ1) is 10.8. The van der Waals surface area contributed by atoms with Gasteiger partial charge in [-0.05, 0) is 19.1 Å². The van der Waals surface area contributed by atoms with Gasteiger partial charge in [-0.1, -0.05) is 0 Å². The molecule has 0 amide bonds. The van der Waals surface area contributed by atoms with E-state index in [0.29, 0.717) is 5.65 Å². The van der Waals surface area contributed by atoms with Crippen LogP contribution in [0.5, 0.6) is 0 Å². The van der Waals surface area contributed by atoms with Gasteiger partial charge in [-0.2, -0.15) is 0 Å². The molecule has 2 aromatic rings. The third-order valence-electron chi connectivity index (χ3n) is 2.60. The second-order valence-corrected chi connectivity index (χ2v) is 3.71. The highest BCUT2D eigenvalue weighted by Gasteiger charge is 2.10. The van der Waals surface area contributed by atoms with E-state index in [0.717, 1.165) is 11.3 Å². The predicted octanol–water partition coefficient (Wildman–Crippen LogP) is 0.842. The van der Waals surface area contributed by atoms with E-state index in [1.807, 2.05) is 31.0 Å². The molecule has 84 valence electrons. The summed E-state index contributed by atoms with van der Waals surface area (Å²) in [5.74, 6) is 0.787. The van der Waals surface area contributed by atoms with Crippen LogP contribution in [0.15, 0.2) is 24.5 Å². The topological polar surface area (TPSA) is 62.1 Å². The van der Waals surface area contributed by atoms with Gasteiger partial charge in [0.15, 0.2) is 5.65 Å². The normalized spacial score (nSPS) is 12.7. The van der Waals surface area contributed by atoms with Gasteiger partial charge in [0.25, 0.3) is 0 Å². The van der Waals surface area contributed by atoms with Crippen molar-refractivity contribution in [2.75, 3.05) is 18.6 Å². The second-order valence-electron chi connectivity index (χ2n) is 3.71. The number of pyridine rings is 1. The van der Waals surface area contributed by atoms with Crippen molar-refractivity contribution in [2.24, 2.45) is 0 Å². The maximum Gasteiger partial charge on any atom is 0.180 e. The zero-order valence-electron chi connectivity index (χ0n) is 9.33. The first-order valence-electron chi connectivity index (χ1n) is 5.14. The fourth-order valence-electron chi connectivity index (χ4n) is 1.39. The lowest BCUT2D eigenvalue weighted by Crippen LogP contribution is -2.32. The van der Waals surface area contributed by atoms with Crippen molar-refractivity contribution in [2.45, 2.75) is 13.0 Å². The molecular formula is C11H14N4O. The van der Waals surface area contributed by atoms with E-state index in [9.17, 15) is 0 Å². The Labute approximate surface area is 93.8 Å². The summed E-state index contributed by atoms with van der Waals surface area (Å²) in [6, 6.07) is 3.79. The molecule has 0 saturated heterocycles. The number of aromatic nitrogens is 3. The minimum Gasteiger partial charge on any atom is -0.394 e. The van der Waals surface area contributed by atoms with Crippen LogP contribution >= 0.6 is 0 Å². The lowest BCUT2D eigenvalue weighted by atomic mass is 10.3. The van der Waals surface area contributed by atoms with Gasteiger partial charge >= 0.3 is 0 Å². The summed E-state index contributed by atoms with van der Waals surface area (Å²) in [7, 11) is 1.89. The van der Waals surface area contributed by atoms with E-state index >= 15 is 0 Å². The molecule has 0 fully saturated rings. The third-order valence-corrected chi connectivity index (χ3v) is 2.60. The molecule has 0 aliphatic rings. The maximum absolute atomic E-state index is 9.08. The Morgan fingerprint density at radius 1 is 1.31 bits per heavy atom. The fourth-order valence-corrected chi connectivity index (χ4v) is 1.39. The Bertz CT molecular complexity index is 488. The number of nitrogens with zero attached hydrogens (tertiary/aromatic N) is 4. The lowest BCUT2D eigenvalue weighted by molar-refractivity contribution is 0.270. The van der Waals surface area contributed by atoms with Crippen LogP contribution in [0.1, 0.15) is 6.92 Å². The Balaban J connectivity index is 2.39. The molecule has 0 aliphatic heterocycles. The quantitative estimate of drug-likeness (QED) is 0.827. The number of likely N-dealkylation sites (N-methyl/N-ethyl adjacent to an activating group) is 1. The molecule has 1 atom stereocenters. The van der Waals surface area contributed by atoms with E-state index in [2.05, 4.69) is 15.0 Å². The highest BCUT2D eigenvalue weighted by molar-refractivity contribution is 5.71. The van der Waals surface area contributed by atoms with E-state index in [1.165, 1.54) is 0 Å². The van der Waals surface area contributed by atoms with Crippen LogP contribution < -0.4 is 4.90 Å². The van der Waals surface area contributed by atoms with Gasteiger partial charge < -0.3 is 10.0 Å². The number of aliphatic hydroxyl groups is 1. The number of rotatable bonds is 3. The van der Waals surface area contributed by atoms with Crippen LogP contribution in [0.2, 0.25) is 0 Å². The van der Waals surface area contributed by atoms with Crippen molar-refractivity contribution in [1.29, 1.82) is 0 Å². The number of hydrogen-bond donors (Lipinski definition) is 1. The summed E-state index contributed by atoms with van der Waals surface area (Å²) >= 11 is 0. The summed E-state index contributed by atoms with van der Waals surface area (Å²) in [6.45, 7) is 2.03. The van der Waals surface area contributed by atoms with Crippen LogP contribution in [0.4, 0.5) is 5.82 Å². The van der Waals surface area contributed by atoms with Crippen LogP contribution in [0.3, 0.4) is 0 Å². The smallest absolute Gasteiger partial charge is 0.180 e. The van der Waals surface area contributed by atoms with Crippen LogP contribution in [0.25, 0.3) is 11.2 Å². The Kier molecular flexibility index (Phi) is 2.96. The molecule has 2 aromatic heterocycles. The molecule has 0 unspecified atom stereocenters. The number of aliphatic hydroxyl groups excluding tert-OH is 1. The van der Waals surface area contributed by atoms with Crippen molar-refractivity contribution < 1.29 is 5.11 Å². The Hall–Kier alpha value is -1.75. The van der Waals surface area contributed by atoms with Crippen molar-refractivity contribution in [1.82, 2.24) is 15.0 Å². The molecule has 0 saturated carbocycles. The number of anilines is 1. The second kappa shape index (κ2) is 4.40. The van der Waals surface area contributed by atoms with Crippen molar-refractivity contribution >= 4 is 17.0 Å². The number of fused-ring (bicyclic) bond motifs is 1. The van der Waals surface area contributed by atoms with Crippen molar-refractivity contribution in [3.8, 4) is 0 Å². The molecule has 0 bridgehead atoms. The maximum atomic E-state index is 9.08. The van der Waals surface area contributed by atoms with Crippen molar-refractivity contribution in [3.63, 3.8) is 0 Å². The zero-order chi connectivity index (χ0) is 11.5. The minimum atomic E-state index is 0.0293. The first-order valence-corrected chi connectivity index (χ1v) is 5.14. The van der Waals surface area contributed by atoms with Crippen LogP contribution in [-0.4, -0.2) is 39.8 Å². The monoisotopic (exact) mass is 218 g/mol. The molecule has 0 aliphatic carbocycles. The van der Waals surface area contributed by atoms with E-state index in [-0.39, 0.29) is 12.6 Å². The standard InChI is InChI=1S/C11H14N4O/c1-8(7-16)15(2)10-4-3-9-11(14-10)13-6-5-12-9/h3-6,8,16H,7H2,1-2H3/t8-/m1/s1. The number of hydrogen-bond acceptors (Lipinski definition) is 5. The largest absolute Gasteiger partial charge is 0.394 e. The van der Waals surface area contributed by atoms with E-state index in [4.69, 9.17) is 5.11 Å². The third kappa shape index (κ3) is 1.94. The van der Waals surface area contributed by atoms with Crippen molar-refractivity contribution in [3.05, 3.63) is 24.5 Å². The predicted molar refractivity (Wildman–Crippen MR) is 62.3 cm³/mol. The lowest BCUT2D eigenvalue weighted by Gasteiger charge is -2.24. The molecule has 0 aromatic carbocycles. The fraction of sp³-hybridized carbons (Fsp3) is 0.364. The van der Waals surface area contributed by atoms with Gasteiger partial charge in [0.05, 0.1) is 12.6 Å². The molecule has 5 heteroatoms. The van der Waals surface area contributed by atoms with E-state index in [1.54, 1.807) is 12.4 Å². The molecule has 2 rings (SSSR count). The molecule has 2 heterocycles. The Morgan fingerprint density at radius 3 is 2.81 bits per heavy atom. The Morgan fingerprint density at radius 2 is 2.06 bits per heavy atom. The molecule has 1 N–H and O–H groups in total. The first-order chi connectivity index (χ1) is 7.72. The molecule has 16 heavy (non-hydrogen) atoms. The average molecular weight is 218 g/mol.